The van der Waals surface area contributed by atoms with Crippen molar-refractivity contribution >= 4 is 34.6 Å². The quantitative estimate of drug-likeness (QED) is 0.378. The molecule has 4 rings (SSSR count). The number of para-hydroxylation sites is 1. The Balaban J connectivity index is 1.76. The van der Waals surface area contributed by atoms with Crippen LogP contribution in [0, 0.1) is 0 Å². The number of hydrazone groups is 1. The third kappa shape index (κ3) is 2.98. The smallest absolute Gasteiger partial charge is 0.288 e. The van der Waals surface area contributed by atoms with Crippen molar-refractivity contribution < 1.29 is 4.79 Å². The molecule has 0 saturated carbocycles. The highest BCUT2D eigenvalue weighted by atomic mass is 35.5. The predicted octanol–water partition coefficient (Wildman–Crippen LogP) is 3.98. The highest BCUT2D eigenvalue weighted by Crippen LogP contribution is 2.35. The number of carbonyl (C=O) groups is 1. The van der Waals surface area contributed by atoms with Gasteiger partial charge in [-0.15, -0.1) is 0 Å². The second-order valence-electron chi connectivity index (χ2n) is 5.61. The SMILES string of the molecule is O=C(N/N=C/c1cnc[nH]1)c1[nH]c2c(Cl)cccc2c1-c1ccccc1. The lowest BCUT2D eigenvalue weighted by molar-refractivity contribution is 0.0951. The zero-order valence-electron chi connectivity index (χ0n) is 13.5. The molecule has 0 aliphatic rings. The number of carbonyl (C=O) groups excluding carboxylic acids is 1. The lowest BCUT2D eigenvalue weighted by Crippen LogP contribution is -2.18. The maximum Gasteiger partial charge on any atom is 0.288 e. The maximum absolute atomic E-state index is 12.7. The summed E-state index contributed by atoms with van der Waals surface area (Å²) in [7, 11) is 0. The van der Waals surface area contributed by atoms with E-state index < -0.39 is 0 Å². The highest BCUT2D eigenvalue weighted by molar-refractivity contribution is 6.36. The summed E-state index contributed by atoms with van der Waals surface area (Å²) >= 11 is 6.30. The van der Waals surface area contributed by atoms with Crippen molar-refractivity contribution in [1.82, 2.24) is 20.4 Å². The van der Waals surface area contributed by atoms with Gasteiger partial charge in [0.15, 0.2) is 0 Å². The van der Waals surface area contributed by atoms with Crippen LogP contribution >= 0.6 is 11.6 Å². The van der Waals surface area contributed by atoms with Gasteiger partial charge < -0.3 is 9.97 Å². The van der Waals surface area contributed by atoms with E-state index in [1.54, 1.807) is 12.3 Å². The van der Waals surface area contributed by atoms with Gasteiger partial charge >= 0.3 is 0 Å². The molecular formula is C19H14ClN5O. The Hall–Kier alpha value is -3.38. The Labute approximate surface area is 153 Å². The summed E-state index contributed by atoms with van der Waals surface area (Å²) in [5.41, 5.74) is 6.06. The third-order valence-electron chi connectivity index (χ3n) is 3.96. The Morgan fingerprint density at radius 1 is 1.15 bits per heavy atom. The maximum atomic E-state index is 12.7. The van der Waals surface area contributed by atoms with Gasteiger partial charge in [0.1, 0.15) is 5.69 Å². The van der Waals surface area contributed by atoms with Gasteiger partial charge in [-0.05, 0) is 11.6 Å². The molecule has 26 heavy (non-hydrogen) atoms. The summed E-state index contributed by atoms with van der Waals surface area (Å²) < 4.78 is 0. The standard InChI is InChI=1S/C19H14ClN5O/c20-15-8-4-7-14-16(12-5-2-1-3-6-12)18(24-17(14)15)19(26)25-23-10-13-9-21-11-22-13/h1-11,24H,(H,21,22)(H,25,26)/b23-10+. The van der Waals surface area contributed by atoms with E-state index >= 15 is 0 Å². The summed E-state index contributed by atoms with van der Waals surface area (Å²) in [5, 5.41) is 5.40. The fraction of sp³-hybridized carbons (Fsp3) is 0. The molecule has 0 radical (unpaired) electrons. The monoisotopic (exact) mass is 363 g/mol. The molecule has 6 nitrogen and oxygen atoms in total. The van der Waals surface area contributed by atoms with Crippen molar-refractivity contribution in [2.45, 2.75) is 0 Å². The number of amides is 1. The number of fused-ring (bicyclic) bond motifs is 1. The topological polar surface area (TPSA) is 85.9 Å². The van der Waals surface area contributed by atoms with Crippen LogP contribution < -0.4 is 5.43 Å². The summed E-state index contributed by atoms with van der Waals surface area (Å²) in [6.07, 6.45) is 4.63. The number of halogens is 1. The predicted molar refractivity (Wildman–Crippen MR) is 102 cm³/mol. The second-order valence-corrected chi connectivity index (χ2v) is 6.02. The van der Waals surface area contributed by atoms with Crippen LogP contribution in [-0.4, -0.2) is 27.1 Å². The molecule has 2 aromatic heterocycles. The fourth-order valence-electron chi connectivity index (χ4n) is 2.81. The molecule has 1 amide bonds. The van der Waals surface area contributed by atoms with E-state index in [2.05, 4.69) is 25.5 Å². The number of H-pyrrole nitrogens is 2. The molecule has 0 saturated heterocycles. The molecule has 0 unspecified atom stereocenters. The van der Waals surface area contributed by atoms with Gasteiger partial charge in [0, 0.05) is 10.9 Å². The Kier molecular flexibility index (Phi) is 4.25. The van der Waals surface area contributed by atoms with E-state index in [-0.39, 0.29) is 5.91 Å². The van der Waals surface area contributed by atoms with Crippen molar-refractivity contribution in [2.24, 2.45) is 5.10 Å². The molecule has 7 heteroatoms. The van der Waals surface area contributed by atoms with Crippen molar-refractivity contribution in [3.05, 3.63) is 77.5 Å². The van der Waals surface area contributed by atoms with E-state index in [0.717, 1.165) is 22.0 Å². The average Bonchev–Trinajstić information content (AvgIpc) is 3.30. The first-order valence-electron chi connectivity index (χ1n) is 7.91. The fourth-order valence-corrected chi connectivity index (χ4v) is 3.03. The van der Waals surface area contributed by atoms with Gasteiger partial charge in [-0.25, -0.2) is 10.4 Å². The van der Waals surface area contributed by atoms with Crippen molar-refractivity contribution in [3.63, 3.8) is 0 Å². The molecular weight excluding hydrogens is 350 g/mol. The molecule has 0 spiro atoms. The molecule has 2 aromatic carbocycles. The number of hydrogen-bond donors (Lipinski definition) is 3. The van der Waals surface area contributed by atoms with Gasteiger partial charge in [0.05, 0.1) is 35.0 Å². The molecule has 0 fully saturated rings. The lowest BCUT2D eigenvalue weighted by Gasteiger charge is -2.04. The molecule has 0 atom stereocenters. The van der Waals surface area contributed by atoms with Gasteiger partial charge in [0.25, 0.3) is 5.91 Å². The molecule has 0 aliphatic carbocycles. The van der Waals surface area contributed by atoms with Gasteiger partial charge in [-0.2, -0.15) is 5.10 Å². The first-order valence-corrected chi connectivity index (χ1v) is 8.29. The van der Waals surface area contributed by atoms with E-state index in [0.29, 0.717) is 16.4 Å². The van der Waals surface area contributed by atoms with Crippen LogP contribution in [0.1, 0.15) is 16.2 Å². The normalized spacial score (nSPS) is 11.3. The van der Waals surface area contributed by atoms with Crippen LogP contribution in [0.5, 0.6) is 0 Å². The lowest BCUT2D eigenvalue weighted by atomic mass is 10.0. The zero-order valence-corrected chi connectivity index (χ0v) is 14.3. The first kappa shape index (κ1) is 16.1. The second kappa shape index (κ2) is 6.85. The number of rotatable bonds is 4. The van der Waals surface area contributed by atoms with Crippen molar-refractivity contribution in [1.29, 1.82) is 0 Å². The molecule has 2 heterocycles. The Bertz CT molecular complexity index is 1080. The van der Waals surface area contributed by atoms with Gasteiger partial charge in [-0.1, -0.05) is 54.1 Å². The molecule has 3 N–H and O–H groups in total. The number of aromatic amines is 2. The van der Waals surface area contributed by atoms with E-state index in [4.69, 9.17) is 11.6 Å². The number of aromatic nitrogens is 3. The minimum atomic E-state index is -0.355. The minimum absolute atomic E-state index is 0.355. The number of imidazole rings is 1. The van der Waals surface area contributed by atoms with Crippen LogP contribution in [0.4, 0.5) is 0 Å². The van der Waals surface area contributed by atoms with E-state index in [9.17, 15) is 4.79 Å². The molecule has 0 aliphatic heterocycles. The zero-order chi connectivity index (χ0) is 17.9. The van der Waals surface area contributed by atoms with Crippen LogP contribution in [0.25, 0.3) is 22.0 Å². The number of nitrogens with one attached hydrogen (secondary N) is 3. The van der Waals surface area contributed by atoms with E-state index in [1.807, 2.05) is 42.5 Å². The highest BCUT2D eigenvalue weighted by Gasteiger charge is 2.20. The van der Waals surface area contributed by atoms with Crippen LogP contribution in [0.2, 0.25) is 5.02 Å². The van der Waals surface area contributed by atoms with Crippen LogP contribution in [-0.2, 0) is 0 Å². The summed E-state index contributed by atoms with van der Waals surface area (Å²) in [6, 6.07) is 15.3. The Morgan fingerprint density at radius 2 is 2.00 bits per heavy atom. The van der Waals surface area contributed by atoms with E-state index in [1.165, 1.54) is 12.5 Å². The summed E-state index contributed by atoms with van der Waals surface area (Å²) in [5.74, 6) is -0.355. The number of nitrogens with zero attached hydrogens (tertiary/aromatic N) is 2. The molecule has 128 valence electrons. The molecule has 4 aromatic rings. The number of benzene rings is 2. The largest absolute Gasteiger partial charge is 0.349 e. The van der Waals surface area contributed by atoms with Gasteiger partial charge in [0.2, 0.25) is 0 Å². The summed E-state index contributed by atoms with van der Waals surface area (Å²) in [4.78, 5) is 22.6. The molecule has 0 bridgehead atoms. The number of hydrogen-bond acceptors (Lipinski definition) is 3. The minimum Gasteiger partial charge on any atom is -0.349 e. The third-order valence-corrected chi connectivity index (χ3v) is 4.28. The van der Waals surface area contributed by atoms with Crippen LogP contribution in [0.15, 0.2) is 66.2 Å². The van der Waals surface area contributed by atoms with Crippen molar-refractivity contribution in [2.75, 3.05) is 0 Å². The van der Waals surface area contributed by atoms with Gasteiger partial charge in [-0.3, -0.25) is 4.79 Å². The first-order chi connectivity index (χ1) is 12.7. The average molecular weight is 364 g/mol. The Morgan fingerprint density at radius 3 is 2.77 bits per heavy atom. The van der Waals surface area contributed by atoms with Crippen LogP contribution in [0.3, 0.4) is 0 Å². The summed E-state index contributed by atoms with van der Waals surface area (Å²) in [6.45, 7) is 0. The van der Waals surface area contributed by atoms with Crippen molar-refractivity contribution in [3.8, 4) is 11.1 Å².